The van der Waals surface area contributed by atoms with E-state index in [1.165, 1.54) is 51.4 Å². The molecule has 1 aliphatic rings. The van der Waals surface area contributed by atoms with E-state index in [2.05, 4.69) is 13.5 Å². The molecule has 19 heavy (non-hydrogen) atoms. The number of hydrogen-bond acceptors (Lipinski definition) is 3. The van der Waals surface area contributed by atoms with Gasteiger partial charge >= 0.3 is 5.97 Å². The summed E-state index contributed by atoms with van der Waals surface area (Å²) < 4.78 is 10.4. The molecule has 0 N–H and O–H groups in total. The summed E-state index contributed by atoms with van der Waals surface area (Å²) in [6, 6.07) is 0. The third-order valence-corrected chi connectivity index (χ3v) is 3.45. The molecule has 0 aliphatic carbocycles. The smallest absolute Gasteiger partial charge is 0.335 e. The van der Waals surface area contributed by atoms with Gasteiger partial charge in [-0.3, -0.25) is 0 Å². The summed E-state index contributed by atoms with van der Waals surface area (Å²) in [5, 5.41) is 0. The fraction of sp³-hybridized carbons (Fsp3) is 0.812. The molecule has 0 bridgehead atoms. The minimum atomic E-state index is -0.344. The predicted molar refractivity (Wildman–Crippen MR) is 76.8 cm³/mol. The summed E-state index contributed by atoms with van der Waals surface area (Å²) in [7, 11) is 0. The molecule has 0 radical (unpaired) electrons. The van der Waals surface area contributed by atoms with Gasteiger partial charge in [-0.05, 0) is 13.3 Å². The lowest BCUT2D eigenvalue weighted by molar-refractivity contribution is -0.143. The number of carbonyl (C=O) groups excluding carboxylic acids is 1. The van der Waals surface area contributed by atoms with Crippen molar-refractivity contribution >= 4 is 5.97 Å². The lowest BCUT2D eigenvalue weighted by Crippen LogP contribution is -2.09. The molecule has 0 saturated carbocycles. The molecule has 3 heteroatoms. The van der Waals surface area contributed by atoms with Crippen molar-refractivity contribution in [3.8, 4) is 0 Å². The van der Waals surface area contributed by atoms with Gasteiger partial charge in [0.2, 0.25) is 6.29 Å². The van der Waals surface area contributed by atoms with Crippen molar-refractivity contribution in [2.45, 2.75) is 84.0 Å². The van der Waals surface area contributed by atoms with Gasteiger partial charge in [0.25, 0.3) is 0 Å². The van der Waals surface area contributed by atoms with Crippen LogP contribution in [0.3, 0.4) is 0 Å². The lowest BCUT2D eigenvalue weighted by Gasteiger charge is -2.01. The zero-order valence-electron chi connectivity index (χ0n) is 12.5. The second-order valence-corrected chi connectivity index (χ2v) is 5.49. The Bertz CT molecular complexity index is 286. The van der Waals surface area contributed by atoms with E-state index in [9.17, 15) is 4.79 Å². The number of hydrogen-bond donors (Lipinski definition) is 0. The van der Waals surface area contributed by atoms with E-state index in [1.807, 2.05) is 0 Å². The van der Waals surface area contributed by atoms with E-state index in [1.54, 1.807) is 6.92 Å². The van der Waals surface area contributed by atoms with Crippen molar-refractivity contribution in [3.63, 3.8) is 0 Å². The molecule has 2 unspecified atom stereocenters. The SMILES string of the molecule is C=C(C)C(=O)OC1OC1CCCCCCCCCC. The van der Waals surface area contributed by atoms with Gasteiger partial charge in [0.05, 0.1) is 0 Å². The average Bonchev–Trinajstić information content (AvgIpc) is 3.10. The van der Waals surface area contributed by atoms with Gasteiger partial charge in [0, 0.05) is 5.57 Å². The van der Waals surface area contributed by atoms with Crippen LogP contribution in [0, 0.1) is 0 Å². The molecule has 1 heterocycles. The van der Waals surface area contributed by atoms with Crippen LogP contribution in [0.15, 0.2) is 12.2 Å². The zero-order valence-corrected chi connectivity index (χ0v) is 12.5. The maximum absolute atomic E-state index is 11.2. The van der Waals surface area contributed by atoms with Gasteiger partial charge in [-0.1, -0.05) is 64.9 Å². The van der Waals surface area contributed by atoms with Crippen molar-refractivity contribution < 1.29 is 14.3 Å². The molecule has 0 amide bonds. The maximum atomic E-state index is 11.2. The Labute approximate surface area is 117 Å². The van der Waals surface area contributed by atoms with Gasteiger partial charge in [0.15, 0.2) is 0 Å². The van der Waals surface area contributed by atoms with Crippen LogP contribution in [0.1, 0.15) is 71.6 Å². The van der Waals surface area contributed by atoms with E-state index < -0.39 is 0 Å². The van der Waals surface area contributed by atoms with Crippen LogP contribution in [-0.4, -0.2) is 18.4 Å². The number of epoxide rings is 1. The van der Waals surface area contributed by atoms with Crippen LogP contribution in [0.25, 0.3) is 0 Å². The minimum Gasteiger partial charge on any atom is -0.429 e. The first kappa shape index (κ1) is 16.2. The maximum Gasteiger partial charge on any atom is 0.335 e. The van der Waals surface area contributed by atoms with Crippen LogP contribution in [0.4, 0.5) is 0 Å². The molecule has 1 aliphatic heterocycles. The zero-order chi connectivity index (χ0) is 14.1. The van der Waals surface area contributed by atoms with Gasteiger partial charge < -0.3 is 9.47 Å². The fourth-order valence-electron chi connectivity index (χ4n) is 2.12. The minimum absolute atomic E-state index is 0.128. The molecular formula is C16H28O3. The molecule has 0 aromatic rings. The van der Waals surface area contributed by atoms with E-state index in [-0.39, 0.29) is 18.4 Å². The van der Waals surface area contributed by atoms with E-state index >= 15 is 0 Å². The predicted octanol–water partition coefficient (Wildman–Crippen LogP) is 4.36. The summed E-state index contributed by atoms with van der Waals surface area (Å²) in [6.45, 7) is 7.44. The summed E-state index contributed by atoms with van der Waals surface area (Å²) in [4.78, 5) is 11.2. The van der Waals surface area contributed by atoms with E-state index in [0.29, 0.717) is 5.57 Å². The Hall–Kier alpha value is -0.830. The molecule has 1 saturated heterocycles. The van der Waals surface area contributed by atoms with Crippen molar-refractivity contribution in [2.75, 3.05) is 0 Å². The Morgan fingerprint density at radius 1 is 1.11 bits per heavy atom. The number of rotatable bonds is 11. The van der Waals surface area contributed by atoms with Gasteiger partial charge in [-0.2, -0.15) is 0 Å². The second-order valence-electron chi connectivity index (χ2n) is 5.49. The fourth-order valence-corrected chi connectivity index (χ4v) is 2.12. The standard InChI is InChI=1S/C16H28O3/c1-4-5-6-7-8-9-10-11-12-14-16(18-14)19-15(17)13(2)3/h14,16H,2,4-12H2,1,3H3. The number of unbranched alkanes of at least 4 members (excludes halogenated alkanes) is 7. The van der Waals surface area contributed by atoms with Gasteiger partial charge in [0.1, 0.15) is 6.10 Å². The molecule has 2 atom stereocenters. The van der Waals surface area contributed by atoms with Crippen molar-refractivity contribution in [2.24, 2.45) is 0 Å². The Morgan fingerprint density at radius 2 is 1.68 bits per heavy atom. The van der Waals surface area contributed by atoms with Crippen molar-refractivity contribution in [1.29, 1.82) is 0 Å². The molecule has 0 spiro atoms. The summed E-state index contributed by atoms with van der Waals surface area (Å²) in [5.41, 5.74) is 0.432. The molecule has 1 fully saturated rings. The Balaban J connectivity index is 1.87. The van der Waals surface area contributed by atoms with Gasteiger partial charge in [-0.15, -0.1) is 0 Å². The highest BCUT2D eigenvalue weighted by Crippen LogP contribution is 2.29. The molecule has 1 rings (SSSR count). The average molecular weight is 268 g/mol. The van der Waals surface area contributed by atoms with Crippen LogP contribution in [-0.2, 0) is 14.3 Å². The molecular weight excluding hydrogens is 240 g/mol. The Kier molecular flexibility index (Phi) is 7.80. The van der Waals surface area contributed by atoms with Crippen LogP contribution < -0.4 is 0 Å². The molecule has 110 valence electrons. The van der Waals surface area contributed by atoms with Crippen LogP contribution in [0.5, 0.6) is 0 Å². The van der Waals surface area contributed by atoms with E-state index in [4.69, 9.17) is 9.47 Å². The highest BCUT2D eigenvalue weighted by molar-refractivity contribution is 5.87. The van der Waals surface area contributed by atoms with E-state index in [0.717, 1.165) is 6.42 Å². The lowest BCUT2D eigenvalue weighted by atomic mass is 10.1. The molecule has 0 aromatic heterocycles. The summed E-state index contributed by atoms with van der Waals surface area (Å²) in [5.74, 6) is -0.344. The highest BCUT2D eigenvalue weighted by atomic mass is 16.8. The quantitative estimate of drug-likeness (QED) is 0.242. The van der Waals surface area contributed by atoms with Crippen LogP contribution >= 0.6 is 0 Å². The summed E-state index contributed by atoms with van der Waals surface area (Å²) >= 11 is 0. The Morgan fingerprint density at radius 3 is 2.26 bits per heavy atom. The highest BCUT2D eigenvalue weighted by Gasteiger charge is 2.41. The monoisotopic (exact) mass is 268 g/mol. The molecule has 0 aromatic carbocycles. The second kappa shape index (κ2) is 9.13. The van der Waals surface area contributed by atoms with Crippen molar-refractivity contribution in [1.82, 2.24) is 0 Å². The third kappa shape index (κ3) is 7.36. The number of esters is 1. The third-order valence-electron chi connectivity index (χ3n) is 3.45. The first-order valence-electron chi connectivity index (χ1n) is 7.67. The number of ether oxygens (including phenoxy) is 2. The topological polar surface area (TPSA) is 38.8 Å². The normalized spacial score (nSPS) is 21.2. The summed E-state index contributed by atoms with van der Waals surface area (Å²) in [6.07, 6.45) is 11.3. The van der Waals surface area contributed by atoms with Crippen LogP contribution in [0.2, 0.25) is 0 Å². The number of carbonyl (C=O) groups is 1. The largest absolute Gasteiger partial charge is 0.429 e. The first-order valence-corrected chi connectivity index (χ1v) is 7.67. The van der Waals surface area contributed by atoms with Crippen molar-refractivity contribution in [3.05, 3.63) is 12.2 Å². The van der Waals surface area contributed by atoms with Gasteiger partial charge in [-0.25, -0.2) is 4.79 Å². The first-order chi connectivity index (χ1) is 9.15. The molecule has 3 nitrogen and oxygen atoms in total.